The number of benzene rings is 1. The van der Waals surface area contributed by atoms with Crippen LogP contribution in [0.4, 0.5) is 29.0 Å². The number of ether oxygens (including phenoxy) is 1. The molecule has 0 bridgehead atoms. The van der Waals surface area contributed by atoms with Gasteiger partial charge in [0.25, 0.3) is 0 Å². The smallest absolute Gasteiger partial charge is 0.310 e. The zero-order valence-corrected chi connectivity index (χ0v) is 20.8. The standard InChI is InChI=1S/C27H28N8O2/c1-18-5-3-7-22(30-18)25-28-14-12-23(33-25)32-24-13-15-29-27(34-24)31-20-8-10-21(11-9-20)35-16-4-6-19(17-35)26(36)37-2/h3,5,7-15,19H,4,6,16-17H2,1-2H3,(H2,28,29,31,32,33,34). The maximum absolute atomic E-state index is 12.0. The number of nitrogens with zero attached hydrogens (tertiary/aromatic N) is 6. The van der Waals surface area contributed by atoms with E-state index in [-0.39, 0.29) is 11.9 Å². The van der Waals surface area contributed by atoms with Crippen LogP contribution in [-0.4, -0.2) is 51.1 Å². The third-order valence-electron chi connectivity index (χ3n) is 6.13. The summed E-state index contributed by atoms with van der Waals surface area (Å²) >= 11 is 0. The Balaban J connectivity index is 1.24. The molecular formula is C27H28N8O2. The van der Waals surface area contributed by atoms with Crippen molar-refractivity contribution in [3.8, 4) is 11.5 Å². The van der Waals surface area contributed by atoms with Gasteiger partial charge in [-0.05, 0) is 68.3 Å². The quantitative estimate of drug-likeness (QED) is 0.354. The number of rotatable bonds is 7. The lowest BCUT2D eigenvalue weighted by Gasteiger charge is -2.33. The van der Waals surface area contributed by atoms with Gasteiger partial charge < -0.3 is 20.3 Å². The van der Waals surface area contributed by atoms with E-state index in [1.807, 2.05) is 49.4 Å². The van der Waals surface area contributed by atoms with E-state index in [0.29, 0.717) is 35.6 Å². The average Bonchev–Trinajstić information content (AvgIpc) is 2.93. The average molecular weight is 497 g/mol. The molecule has 0 amide bonds. The van der Waals surface area contributed by atoms with E-state index in [4.69, 9.17) is 4.74 Å². The summed E-state index contributed by atoms with van der Waals surface area (Å²) in [5.74, 6) is 1.97. The highest BCUT2D eigenvalue weighted by Crippen LogP contribution is 2.26. The molecule has 1 atom stereocenters. The van der Waals surface area contributed by atoms with Gasteiger partial charge in [0.05, 0.1) is 13.0 Å². The van der Waals surface area contributed by atoms with Crippen molar-refractivity contribution in [2.45, 2.75) is 19.8 Å². The Hall–Kier alpha value is -4.60. The third-order valence-corrected chi connectivity index (χ3v) is 6.13. The number of nitrogens with one attached hydrogen (secondary N) is 2. The number of piperidine rings is 1. The summed E-state index contributed by atoms with van der Waals surface area (Å²) in [6.07, 6.45) is 5.19. The molecular weight excluding hydrogens is 468 g/mol. The highest BCUT2D eigenvalue weighted by atomic mass is 16.5. The first-order valence-electron chi connectivity index (χ1n) is 12.1. The molecule has 0 saturated carbocycles. The van der Waals surface area contributed by atoms with E-state index in [2.05, 4.69) is 40.5 Å². The highest BCUT2D eigenvalue weighted by molar-refractivity contribution is 5.73. The zero-order chi connectivity index (χ0) is 25.6. The molecule has 0 radical (unpaired) electrons. The molecule has 1 saturated heterocycles. The number of hydrogen-bond donors (Lipinski definition) is 2. The van der Waals surface area contributed by atoms with Crippen molar-refractivity contribution in [3.05, 3.63) is 72.7 Å². The highest BCUT2D eigenvalue weighted by Gasteiger charge is 2.26. The largest absolute Gasteiger partial charge is 0.469 e. The van der Waals surface area contributed by atoms with Crippen molar-refractivity contribution in [1.29, 1.82) is 0 Å². The Bertz CT molecular complexity index is 1380. The van der Waals surface area contributed by atoms with E-state index in [1.165, 1.54) is 7.11 Å². The Morgan fingerprint density at radius 1 is 0.946 bits per heavy atom. The van der Waals surface area contributed by atoms with E-state index >= 15 is 0 Å². The lowest BCUT2D eigenvalue weighted by molar-refractivity contribution is -0.145. The minimum atomic E-state index is -0.140. The van der Waals surface area contributed by atoms with Crippen LogP contribution in [0.3, 0.4) is 0 Å². The van der Waals surface area contributed by atoms with Crippen LogP contribution >= 0.6 is 0 Å². The predicted molar refractivity (Wildman–Crippen MR) is 142 cm³/mol. The van der Waals surface area contributed by atoms with Crippen LogP contribution < -0.4 is 15.5 Å². The summed E-state index contributed by atoms with van der Waals surface area (Å²) in [7, 11) is 1.45. The van der Waals surface area contributed by atoms with Gasteiger partial charge in [0.2, 0.25) is 5.95 Å². The van der Waals surface area contributed by atoms with Crippen LogP contribution in [0.25, 0.3) is 11.5 Å². The van der Waals surface area contributed by atoms with E-state index in [0.717, 1.165) is 36.5 Å². The topological polar surface area (TPSA) is 118 Å². The monoisotopic (exact) mass is 496 g/mol. The van der Waals surface area contributed by atoms with Crippen LogP contribution in [0.15, 0.2) is 67.0 Å². The fraction of sp³-hybridized carbons (Fsp3) is 0.259. The maximum atomic E-state index is 12.0. The number of methoxy groups -OCH3 is 1. The first-order valence-corrected chi connectivity index (χ1v) is 12.1. The van der Waals surface area contributed by atoms with Gasteiger partial charge >= 0.3 is 5.97 Å². The van der Waals surface area contributed by atoms with Gasteiger partial charge in [0.1, 0.15) is 17.3 Å². The second-order valence-corrected chi connectivity index (χ2v) is 8.80. The van der Waals surface area contributed by atoms with E-state index < -0.39 is 0 Å². The molecule has 4 aromatic rings. The number of anilines is 5. The molecule has 0 spiro atoms. The summed E-state index contributed by atoms with van der Waals surface area (Å²) in [5, 5.41) is 6.45. The van der Waals surface area contributed by atoms with Crippen LogP contribution in [-0.2, 0) is 9.53 Å². The van der Waals surface area contributed by atoms with Crippen LogP contribution in [0.2, 0.25) is 0 Å². The van der Waals surface area contributed by atoms with Gasteiger partial charge in [-0.15, -0.1) is 0 Å². The molecule has 1 aliphatic heterocycles. The van der Waals surface area contributed by atoms with Crippen molar-refractivity contribution in [3.63, 3.8) is 0 Å². The van der Waals surface area contributed by atoms with Gasteiger partial charge in [-0.25, -0.2) is 19.9 Å². The fourth-order valence-electron chi connectivity index (χ4n) is 4.29. The molecule has 10 heteroatoms. The van der Waals surface area contributed by atoms with Crippen molar-refractivity contribution < 1.29 is 9.53 Å². The molecule has 1 unspecified atom stereocenters. The Kier molecular flexibility index (Phi) is 7.16. The second-order valence-electron chi connectivity index (χ2n) is 8.80. The SMILES string of the molecule is COC(=O)C1CCCN(c2ccc(Nc3nccc(Nc4ccnc(-c5cccc(C)n5)n4)n3)cc2)C1. The molecule has 1 aliphatic rings. The normalized spacial score (nSPS) is 15.2. The molecule has 1 aromatic carbocycles. The maximum Gasteiger partial charge on any atom is 0.310 e. The molecule has 4 heterocycles. The fourth-order valence-corrected chi connectivity index (χ4v) is 4.29. The molecule has 1 fully saturated rings. The third kappa shape index (κ3) is 5.97. The number of carbonyl (C=O) groups excluding carboxylic acids is 1. The number of hydrogen-bond acceptors (Lipinski definition) is 10. The minimum absolute atomic E-state index is 0.0840. The summed E-state index contributed by atoms with van der Waals surface area (Å²) in [6.45, 7) is 3.52. The summed E-state index contributed by atoms with van der Waals surface area (Å²) < 4.78 is 4.93. The van der Waals surface area contributed by atoms with Crippen LogP contribution in [0.1, 0.15) is 18.5 Å². The van der Waals surface area contributed by atoms with Gasteiger partial charge in [-0.2, -0.15) is 4.98 Å². The van der Waals surface area contributed by atoms with Crippen LogP contribution in [0, 0.1) is 12.8 Å². The first kappa shape index (κ1) is 24.1. The van der Waals surface area contributed by atoms with Gasteiger partial charge in [-0.3, -0.25) is 4.79 Å². The summed E-state index contributed by atoms with van der Waals surface area (Å²) in [4.78, 5) is 36.5. The lowest BCUT2D eigenvalue weighted by Crippen LogP contribution is -2.39. The molecule has 3 aromatic heterocycles. The summed E-state index contributed by atoms with van der Waals surface area (Å²) in [5.41, 5.74) is 3.54. The minimum Gasteiger partial charge on any atom is -0.469 e. The molecule has 0 aliphatic carbocycles. The molecule has 37 heavy (non-hydrogen) atoms. The van der Waals surface area contributed by atoms with Crippen molar-refractivity contribution in [2.75, 3.05) is 35.7 Å². The number of pyridine rings is 1. The van der Waals surface area contributed by atoms with Gasteiger partial charge in [0.15, 0.2) is 5.82 Å². The zero-order valence-electron chi connectivity index (χ0n) is 20.8. The molecule has 188 valence electrons. The van der Waals surface area contributed by atoms with Crippen molar-refractivity contribution in [1.82, 2.24) is 24.9 Å². The van der Waals surface area contributed by atoms with Crippen LogP contribution in [0.5, 0.6) is 0 Å². The van der Waals surface area contributed by atoms with Gasteiger partial charge in [0, 0.05) is 42.6 Å². The van der Waals surface area contributed by atoms with E-state index in [9.17, 15) is 4.79 Å². The van der Waals surface area contributed by atoms with E-state index in [1.54, 1.807) is 24.5 Å². The lowest BCUT2D eigenvalue weighted by atomic mass is 9.97. The second kappa shape index (κ2) is 11.0. The predicted octanol–water partition coefficient (Wildman–Crippen LogP) is 4.51. The molecule has 2 N–H and O–H groups in total. The molecule has 10 nitrogen and oxygen atoms in total. The van der Waals surface area contributed by atoms with Crippen molar-refractivity contribution in [2.24, 2.45) is 5.92 Å². The Labute approximate surface area is 215 Å². The number of aromatic nitrogens is 5. The first-order chi connectivity index (χ1) is 18.1. The summed E-state index contributed by atoms with van der Waals surface area (Å²) in [6, 6.07) is 17.3. The molecule has 5 rings (SSSR count). The van der Waals surface area contributed by atoms with Gasteiger partial charge in [-0.1, -0.05) is 6.07 Å². The number of aryl methyl sites for hydroxylation is 1. The number of carbonyl (C=O) groups is 1. The number of esters is 1. The Morgan fingerprint density at radius 2 is 1.73 bits per heavy atom. The van der Waals surface area contributed by atoms with Crippen molar-refractivity contribution >= 4 is 34.9 Å². The Morgan fingerprint density at radius 3 is 2.51 bits per heavy atom.